The van der Waals surface area contributed by atoms with Crippen LogP contribution in [-0.4, -0.2) is 31.5 Å². The molecule has 0 radical (unpaired) electrons. The number of anilines is 1. The molecule has 3 aromatic carbocycles. The van der Waals surface area contributed by atoms with Crippen molar-refractivity contribution in [2.45, 2.75) is 19.1 Å². The second-order valence-corrected chi connectivity index (χ2v) is 7.28. The van der Waals surface area contributed by atoms with E-state index in [1.807, 2.05) is 60.7 Å². The van der Waals surface area contributed by atoms with Crippen molar-refractivity contribution in [2.75, 3.05) is 18.6 Å². The van der Waals surface area contributed by atoms with Crippen molar-refractivity contribution in [2.24, 2.45) is 0 Å². The summed E-state index contributed by atoms with van der Waals surface area (Å²) < 4.78 is 11.3. The van der Waals surface area contributed by atoms with Gasteiger partial charge in [-0.3, -0.25) is 9.59 Å². The summed E-state index contributed by atoms with van der Waals surface area (Å²) in [5, 5.41) is 2.85. The maximum Gasteiger partial charge on any atom is 0.252 e. The van der Waals surface area contributed by atoms with Crippen molar-refractivity contribution >= 4 is 17.5 Å². The minimum Gasteiger partial charge on any atom is -0.493 e. The molecule has 1 unspecified atom stereocenters. The first-order chi connectivity index (χ1) is 15.2. The third-order valence-electron chi connectivity index (χ3n) is 5.24. The maximum absolute atomic E-state index is 12.8. The number of nitrogens with one attached hydrogen (secondary N) is 1. The van der Waals surface area contributed by atoms with Crippen LogP contribution < -0.4 is 19.7 Å². The molecule has 0 spiro atoms. The molecule has 0 saturated carbocycles. The van der Waals surface area contributed by atoms with Gasteiger partial charge < -0.3 is 19.7 Å². The van der Waals surface area contributed by atoms with E-state index in [9.17, 15) is 9.59 Å². The summed E-state index contributed by atoms with van der Waals surface area (Å²) in [6.45, 7) is 0.970. The number of hydrogen-bond donors (Lipinski definition) is 1. The molecule has 1 fully saturated rings. The molecule has 1 aliphatic rings. The van der Waals surface area contributed by atoms with Crippen molar-refractivity contribution in [1.29, 1.82) is 0 Å². The van der Waals surface area contributed by atoms with E-state index < -0.39 is 6.04 Å². The van der Waals surface area contributed by atoms with E-state index in [1.165, 1.54) is 7.11 Å². The molecule has 158 valence electrons. The second-order valence-electron chi connectivity index (χ2n) is 7.28. The minimum atomic E-state index is -0.548. The van der Waals surface area contributed by atoms with Gasteiger partial charge in [0, 0.05) is 17.8 Å². The van der Waals surface area contributed by atoms with Crippen LogP contribution in [0.15, 0.2) is 78.9 Å². The topological polar surface area (TPSA) is 67.9 Å². The van der Waals surface area contributed by atoms with Crippen LogP contribution in [0.2, 0.25) is 0 Å². The van der Waals surface area contributed by atoms with Crippen molar-refractivity contribution in [1.82, 2.24) is 5.32 Å². The highest BCUT2D eigenvalue weighted by Crippen LogP contribution is 2.29. The van der Waals surface area contributed by atoms with Crippen LogP contribution in [0.1, 0.15) is 22.3 Å². The van der Waals surface area contributed by atoms with Gasteiger partial charge in [-0.25, -0.2) is 0 Å². The van der Waals surface area contributed by atoms with E-state index in [2.05, 4.69) is 5.32 Å². The molecule has 3 aromatic rings. The largest absolute Gasteiger partial charge is 0.493 e. The van der Waals surface area contributed by atoms with Crippen molar-refractivity contribution in [3.8, 4) is 11.5 Å². The summed E-state index contributed by atoms with van der Waals surface area (Å²) in [6, 6.07) is 23.7. The molecule has 31 heavy (non-hydrogen) atoms. The smallest absolute Gasteiger partial charge is 0.252 e. The van der Waals surface area contributed by atoms with E-state index in [-0.39, 0.29) is 11.8 Å². The zero-order valence-corrected chi connectivity index (χ0v) is 17.3. The molecular weight excluding hydrogens is 392 g/mol. The molecule has 6 heteroatoms. The number of nitrogens with zero attached hydrogens (tertiary/aromatic N) is 1. The average Bonchev–Trinajstić information content (AvgIpc) is 3.18. The Morgan fingerprint density at radius 1 is 1.00 bits per heavy atom. The molecule has 1 atom stereocenters. The number of ether oxygens (including phenoxy) is 2. The van der Waals surface area contributed by atoms with Gasteiger partial charge in [0.1, 0.15) is 12.6 Å². The number of amides is 2. The van der Waals surface area contributed by atoms with E-state index in [0.717, 1.165) is 11.3 Å². The highest BCUT2D eigenvalue weighted by molar-refractivity contribution is 6.04. The average molecular weight is 416 g/mol. The third-order valence-corrected chi connectivity index (χ3v) is 5.24. The van der Waals surface area contributed by atoms with Crippen LogP contribution in [0.4, 0.5) is 5.69 Å². The molecular formula is C25H24N2O4. The Bertz CT molecular complexity index is 1050. The van der Waals surface area contributed by atoms with Gasteiger partial charge >= 0.3 is 0 Å². The van der Waals surface area contributed by atoms with Crippen molar-refractivity contribution in [3.63, 3.8) is 0 Å². The van der Waals surface area contributed by atoms with Gasteiger partial charge in [-0.15, -0.1) is 0 Å². The molecule has 0 aliphatic carbocycles. The van der Waals surface area contributed by atoms with Gasteiger partial charge in [0.05, 0.1) is 7.11 Å². The summed E-state index contributed by atoms with van der Waals surface area (Å²) in [5.74, 6) is 0.595. The number of carbonyl (C=O) groups is 2. The minimum absolute atomic E-state index is 0.102. The molecule has 2 amide bonds. The number of carbonyl (C=O) groups excluding carboxylic acids is 2. The van der Waals surface area contributed by atoms with Gasteiger partial charge in [0.15, 0.2) is 11.5 Å². The fraction of sp³-hybridized carbons (Fsp3) is 0.200. The van der Waals surface area contributed by atoms with E-state index in [0.29, 0.717) is 36.6 Å². The molecule has 0 aromatic heterocycles. The molecule has 0 bridgehead atoms. The highest BCUT2D eigenvalue weighted by Gasteiger charge is 2.33. The quantitative estimate of drug-likeness (QED) is 0.636. The first kappa shape index (κ1) is 20.5. The Balaban J connectivity index is 1.41. The van der Waals surface area contributed by atoms with Crippen molar-refractivity contribution < 1.29 is 19.1 Å². The number of rotatable bonds is 7. The Morgan fingerprint density at radius 3 is 2.42 bits per heavy atom. The van der Waals surface area contributed by atoms with Crippen LogP contribution in [0.5, 0.6) is 11.5 Å². The monoisotopic (exact) mass is 416 g/mol. The van der Waals surface area contributed by atoms with E-state index in [4.69, 9.17) is 9.47 Å². The van der Waals surface area contributed by atoms with E-state index >= 15 is 0 Å². The number of methoxy groups -OCH3 is 1. The highest BCUT2D eigenvalue weighted by atomic mass is 16.5. The lowest BCUT2D eigenvalue weighted by molar-refractivity contribution is -0.118. The van der Waals surface area contributed by atoms with Gasteiger partial charge in [0.25, 0.3) is 5.91 Å². The fourth-order valence-corrected chi connectivity index (χ4v) is 3.58. The molecule has 1 aliphatic heterocycles. The van der Waals surface area contributed by atoms with Crippen LogP contribution in [0, 0.1) is 0 Å². The maximum atomic E-state index is 12.8. The number of hydrogen-bond acceptors (Lipinski definition) is 4. The zero-order chi connectivity index (χ0) is 21.6. The predicted molar refractivity (Wildman–Crippen MR) is 118 cm³/mol. The van der Waals surface area contributed by atoms with Gasteiger partial charge in [-0.05, 0) is 42.3 Å². The lowest BCUT2D eigenvalue weighted by Crippen LogP contribution is -2.41. The van der Waals surface area contributed by atoms with Crippen molar-refractivity contribution in [3.05, 3.63) is 90.0 Å². The molecule has 1 heterocycles. The normalized spacial score (nSPS) is 15.6. The zero-order valence-electron chi connectivity index (χ0n) is 17.3. The summed E-state index contributed by atoms with van der Waals surface area (Å²) >= 11 is 0. The summed E-state index contributed by atoms with van der Waals surface area (Å²) in [6.07, 6.45) is 0.564. The van der Waals surface area contributed by atoms with Crippen LogP contribution in [0.25, 0.3) is 0 Å². The molecule has 4 rings (SSSR count). The van der Waals surface area contributed by atoms with Crippen LogP contribution >= 0.6 is 0 Å². The van der Waals surface area contributed by atoms with Gasteiger partial charge in [-0.2, -0.15) is 0 Å². The van der Waals surface area contributed by atoms with Gasteiger partial charge in [0.2, 0.25) is 5.91 Å². The summed E-state index contributed by atoms with van der Waals surface area (Å²) in [5.41, 5.74) is 2.29. The Kier molecular flexibility index (Phi) is 6.17. The second kappa shape index (κ2) is 9.34. The number of para-hydroxylation sites is 1. The third kappa shape index (κ3) is 4.69. The fourth-order valence-electron chi connectivity index (χ4n) is 3.58. The molecule has 1 saturated heterocycles. The Morgan fingerprint density at radius 2 is 1.71 bits per heavy atom. The van der Waals surface area contributed by atoms with Crippen LogP contribution in [0.3, 0.4) is 0 Å². The van der Waals surface area contributed by atoms with Gasteiger partial charge in [-0.1, -0.05) is 48.5 Å². The lowest BCUT2D eigenvalue weighted by atomic mass is 10.1. The summed E-state index contributed by atoms with van der Waals surface area (Å²) in [4.78, 5) is 27.2. The van der Waals surface area contributed by atoms with Crippen LogP contribution in [-0.2, 0) is 11.4 Å². The van der Waals surface area contributed by atoms with E-state index in [1.54, 1.807) is 23.1 Å². The Labute approximate surface area is 181 Å². The Hall–Kier alpha value is -3.80. The standard InChI is InChI=1S/C25H24N2O4/c1-30-23-16-19(12-13-22(23)31-17-18-8-4-2-5-9-18)24(28)26-21-14-15-27(25(21)29)20-10-6-3-7-11-20/h2-13,16,21H,14-15,17H2,1H3,(H,26,28). The SMILES string of the molecule is COc1cc(C(=O)NC2CCN(c3ccccc3)C2=O)ccc1OCc1ccccc1. The molecule has 1 N–H and O–H groups in total. The first-order valence-electron chi connectivity index (χ1n) is 10.2. The molecule has 6 nitrogen and oxygen atoms in total. The summed E-state index contributed by atoms with van der Waals surface area (Å²) in [7, 11) is 1.53. The lowest BCUT2D eigenvalue weighted by Gasteiger charge is -2.17. The first-order valence-corrected chi connectivity index (χ1v) is 10.2. The predicted octanol–water partition coefficient (Wildman–Crippen LogP) is 3.81. The number of benzene rings is 3.